The average molecular weight is 818 g/mol. The van der Waals surface area contributed by atoms with Gasteiger partial charge < -0.3 is 44.4 Å². The van der Waals surface area contributed by atoms with E-state index in [4.69, 9.17) is 34.2 Å². The summed E-state index contributed by atoms with van der Waals surface area (Å²) in [6, 6.07) is 22.9. The largest absolute Gasteiger partial charge is 0.456 e. The highest BCUT2D eigenvalue weighted by atomic mass is 16.6. The van der Waals surface area contributed by atoms with E-state index in [0.717, 1.165) is 10.5 Å². The number of hydrogen-bond donors (Lipinski definition) is 2. The molecule has 0 aliphatic carbocycles. The van der Waals surface area contributed by atoms with E-state index in [1.54, 1.807) is 86.3 Å². The van der Waals surface area contributed by atoms with Crippen LogP contribution in [-0.4, -0.2) is 103 Å². The minimum Gasteiger partial charge on any atom is -0.456 e. The summed E-state index contributed by atoms with van der Waals surface area (Å²) in [5.41, 5.74) is 7.42. The van der Waals surface area contributed by atoms with Gasteiger partial charge in [0.15, 0.2) is 6.61 Å². The number of benzene rings is 3. The van der Waals surface area contributed by atoms with Gasteiger partial charge in [0.2, 0.25) is 5.96 Å². The van der Waals surface area contributed by atoms with Crippen LogP contribution in [0.1, 0.15) is 56.7 Å². The number of alkyl carbamates (subject to hydrolysis) is 1. The van der Waals surface area contributed by atoms with E-state index in [1.165, 1.54) is 12.1 Å². The van der Waals surface area contributed by atoms with Crippen LogP contribution in [0.25, 0.3) is 0 Å². The van der Waals surface area contributed by atoms with E-state index in [9.17, 15) is 28.8 Å². The van der Waals surface area contributed by atoms with Crippen LogP contribution in [0, 0.1) is 0 Å². The maximum Gasteiger partial charge on any atom is 0.437 e. The molecule has 0 aromatic heterocycles. The smallest absolute Gasteiger partial charge is 0.437 e. The number of esters is 2. The normalized spacial score (nSPS) is 13.3. The zero-order valence-electron chi connectivity index (χ0n) is 33.5. The van der Waals surface area contributed by atoms with Crippen molar-refractivity contribution in [3.63, 3.8) is 0 Å². The first-order chi connectivity index (χ1) is 28.3. The van der Waals surface area contributed by atoms with Gasteiger partial charge in [-0.05, 0) is 68.9 Å². The third kappa shape index (κ3) is 16.9. The van der Waals surface area contributed by atoms with Crippen LogP contribution < -0.4 is 15.8 Å². The van der Waals surface area contributed by atoms with Gasteiger partial charge in [-0.25, -0.2) is 24.1 Å². The molecule has 0 saturated carbocycles. The Morgan fingerprint density at radius 1 is 0.831 bits per heavy atom. The summed E-state index contributed by atoms with van der Waals surface area (Å²) < 4.78 is 32.0. The predicted octanol–water partition coefficient (Wildman–Crippen LogP) is 4.89. The number of aryl methyl sites for hydroxylation is 1. The highest BCUT2D eigenvalue weighted by molar-refractivity contribution is 5.98. The van der Waals surface area contributed by atoms with Crippen molar-refractivity contribution in [1.29, 1.82) is 0 Å². The Labute approximate surface area is 342 Å². The van der Waals surface area contributed by atoms with Gasteiger partial charge in [0.1, 0.15) is 30.6 Å². The second kappa shape index (κ2) is 23.0. The number of rotatable bonds is 16. The lowest BCUT2D eigenvalue weighted by molar-refractivity contribution is -0.153. The lowest BCUT2D eigenvalue weighted by Crippen LogP contribution is -2.46. The standard InChI is InChI=1S/C42H51N5O12/c1-42(2,3)59-40(52)44-34(37(50)58-33-19-16-30(17-20-33)18-21-36(49)55-29-35(48)46-23-25-54-26-24-46)15-10-22-47(41(53)57-28-32-13-8-5-9-14-32)38(43)45-39(51)56-27-31-11-6-4-7-12-31/h4-9,11-14,16-17,19-20,34H,10,15,18,21-29H2,1-3H3,(H,44,52)(H2,43,45,51)/t34-/m0/s1. The first-order valence-electron chi connectivity index (χ1n) is 19.1. The lowest BCUT2D eigenvalue weighted by Gasteiger charge is -2.26. The second-order valence-corrected chi connectivity index (χ2v) is 14.3. The van der Waals surface area contributed by atoms with Crippen LogP contribution in [0.4, 0.5) is 14.4 Å². The number of morpholine rings is 1. The average Bonchev–Trinajstić information content (AvgIpc) is 3.22. The minimum atomic E-state index is -1.25. The number of aliphatic imine (C=N–C) groups is 1. The van der Waals surface area contributed by atoms with Crippen molar-refractivity contribution in [3.05, 3.63) is 102 Å². The van der Waals surface area contributed by atoms with Crippen LogP contribution in [0.5, 0.6) is 5.75 Å². The Bertz CT molecular complexity index is 1880. The molecule has 59 heavy (non-hydrogen) atoms. The summed E-state index contributed by atoms with van der Waals surface area (Å²) in [6.45, 7) is 6.09. The van der Waals surface area contributed by atoms with Crippen molar-refractivity contribution in [2.45, 2.75) is 71.3 Å². The third-order valence-corrected chi connectivity index (χ3v) is 8.44. The van der Waals surface area contributed by atoms with E-state index in [0.29, 0.717) is 43.9 Å². The molecule has 0 bridgehead atoms. The van der Waals surface area contributed by atoms with E-state index in [2.05, 4.69) is 10.3 Å². The fourth-order valence-electron chi connectivity index (χ4n) is 5.43. The molecule has 316 valence electrons. The highest BCUT2D eigenvalue weighted by Gasteiger charge is 2.28. The number of amides is 4. The third-order valence-electron chi connectivity index (χ3n) is 8.44. The Hall–Kier alpha value is -6.49. The topological polar surface area (TPSA) is 215 Å². The molecule has 17 heteroatoms. The molecule has 3 N–H and O–H groups in total. The molecule has 0 spiro atoms. The number of nitrogens with one attached hydrogen (secondary N) is 1. The number of guanidine groups is 1. The predicted molar refractivity (Wildman–Crippen MR) is 213 cm³/mol. The molecule has 4 amide bonds. The first-order valence-corrected chi connectivity index (χ1v) is 19.1. The Kier molecular flexibility index (Phi) is 17.7. The van der Waals surface area contributed by atoms with Crippen molar-refractivity contribution in [2.24, 2.45) is 10.7 Å². The summed E-state index contributed by atoms with van der Waals surface area (Å²) in [4.78, 5) is 83.0. The van der Waals surface area contributed by atoms with E-state index in [-0.39, 0.29) is 57.3 Å². The number of carbonyl (C=O) groups is 6. The molecule has 1 atom stereocenters. The van der Waals surface area contributed by atoms with Crippen LogP contribution in [0.15, 0.2) is 89.9 Å². The van der Waals surface area contributed by atoms with Crippen molar-refractivity contribution in [3.8, 4) is 5.75 Å². The van der Waals surface area contributed by atoms with E-state index >= 15 is 0 Å². The molecule has 0 radical (unpaired) electrons. The molecular formula is C42H51N5O12. The molecular weight excluding hydrogens is 766 g/mol. The highest BCUT2D eigenvalue weighted by Crippen LogP contribution is 2.17. The maximum atomic E-state index is 13.5. The molecule has 17 nitrogen and oxygen atoms in total. The van der Waals surface area contributed by atoms with E-state index in [1.807, 2.05) is 12.1 Å². The fraction of sp³-hybridized carbons (Fsp3) is 0.405. The van der Waals surface area contributed by atoms with Gasteiger partial charge >= 0.3 is 30.2 Å². The Morgan fingerprint density at radius 2 is 1.44 bits per heavy atom. The number of nitrogens with two attached hydrogens (primary N) is 1. The van der Waals surface area contributed by atoms with Crippen LogP contribution in [0.2, 0.25) is 0 Å². The number of nitrogens with zero attached hydrogens (tertiary/aromatic N) is 3. The molecule has 1 aliphatic heterocycles. The molecule has 3 aromatic rings. The number of ether oxygens (including phenoxy) is 6. The maximum absolute atomic E-state index is 13.5. The van der Waals surface area contributed by atoms with Gasteiger partial charge in [0, 0.05) is 26.1 Å². The van der Waals surface area contributed by atoms with Gasteiger partial charge in [0.05, 0.1) is 13.2 Å². The zero-order chi connectivity index (χ0) is 42.6. The quantitative estimate of drug-likeness (QED) is 0.0649. The zero-order valence-corrected chi connectivity index (χ0v) is 33.5. The molecule has 1 heterocycles. The molecule has 0 unspecified atom stereocenters. The molecule has 1 fully saturated rings. The lowest BCUT2D eigenvalue weighted by atomic mass is 10.1. The summed E-state index contributed by atoms with van der Waals surface area (Å²) in [5, 5.41) is 2.53. The number of carbonyl (C=O) groups excluding carboxylic acids is 6. The second-order valence-electron chi connectivity index (χ2n) is 14.3. The SMILES string of the molecule is CC(C)(C)OC(=O)N[C@@H](CCCN(C(=O)OCc1ccccc1)/C(N)=N/C(=O)OCc1ccccc1)C(=O)Oc1ccc(CCC(=O)OCC(=O)N2CCOCC2)cc1. The van der Waals surface area contributed by atoms with Crippen molar-refractivity contribution in [2.75, 3.05) is 39.5 Å². The summed E-state index contributed by atoms with van der Waals surface area (Å²) >= 11 is 0. The van der Waals surface area contributed by atoms with Crippen molar-refractivity contribution < 1.29 is 57.2 Å². The Balaban J connectivity index is 1.37. The van der Waals surface area contributed by atoms with Crippen molar-refractivity contribution >= 4 is 42.1 Å². The van der Waals surface area contributed by atoms with Gasteiger partial charge in [-0.15, -0.1) is 4.99 Å². The van der Waals surface area contributed by atoms with Gasteiger partial charge in [-0.3, -0.25) is 9.59 Å². The first kappa shape index (κ1) is 45.2. The van der Waals surface area contributed by atoms with E-state index < -0.39 is 47.8 Å². The molecule has 4 rings (SSSR count). The van der Waals surface area contributed by atoms with Crippen LogP contribution >= 0.6 is 0 Å². The number of hydrogen-bond acceptors (Lipinski definition) is 12. The van der Waals surface area contributed by atoms with Crippen LogP contribution in [-0.2, 0) is 57.7 Å². The minimum absolute atomic E-state index is 0.0261. The van der Waals surface area contributed by atoms with Gasteiger partial charge in [-0.1, -0.05) is 72.8 Å². The van der Waals surface area contributed by atoms with Gasteiger partial charge in [-0.2, -0.15) is 0 Å². The fourth-order valence-corrected chi connectivity index (χ4v) is 5.43. The monoisotopic (exact) mass is 817 g/mol. The summed E-state index contributed by atoms with van der Waals surface area (Å²) in [7, 11) is 0. The summed E-state index contributed by atoms with van der Waals surface area (Å²) in [6.07, 6.45) is -2.53. The molecule has 1 saturated heterocycles. The van der Waals surface area contributed by atoms with Crippen molar-refractivity contribution in [1.82, 2.24) is 15.1 Å². The molecule has 1 aliphatic rings. The summed E-state index contributed by atoms with van der Waals surface area (Å²) in [5.74, 6) is -1.99. The van der Waals surface area contributed by atoms with Crippen LogP contribution in [0.3, 0.4) is 0 Å². The Morgan fingerprint density at radius 3 is 2.05 bits per heavy atom. The van der Waals surface area contributed by atoms with Gasteiger partial charge in [0.25, 0.3) is 5.91 Å². The molecule has 3 aromatic carbocycles.